The van der Waals surface area contributed by atoms with E-state index >= 15 is 0 Å². The molecule has 0 aromatic heterocycles. The predicted octanol–water partition coefficient (Wildman–Crippen LogP) is 2.88. The van der Waals surface area contributed by atoms with Crippen molar-refractivity contribution < 1.29 is 74.2 Å². The fourth-order valence-electron chi connectivity index (χ4n) is 3.30. The summed E-state index contributed by atoms with van der Waals surface area (Å²) >= 11 is 0. The zero-order valence-corrected chi connectivity index (χ0v) is 22.0. The van der Waals surface area contributed by atoms with E-state index in [9.17, 15) is 18.1 Å². The Balaban J connectivity index is 0.00000450. The number of hydrogen-bond acceptors (Lipinski definition) is 4. The van der Waals surface area contributed by atoms with E-state index < -0.39 is 10.1 Å². The van der Waals surface area contributed by atoms with Gasteiger partial charge in [-0.3, -0.25) is 4.55 Å². The smallest absolute Gasteiger partial charge is 0.872 e. The van der Waals surface area contributed by atoms with Crippen molar-refractivity contribution in [1.29, 1.82) is 0 Å². The van der Waals surface area contributed by atoms with Gasteiger partial charge in [-0.05, 0) is 42.7 Å². The van der Waals surface area contributed by atoms with E-state index in [2.05, 4.69) is 6.92 Å². The van der Waals surface area contributed by atoms with Crippen LogP contribution in [-0.4, -0.2) is 13.0 Å². The molecule has 0 amide bonds. The maximum atomic E-state index is 11.6. The van der Waals surface area contributed by atoms with Crippen molar-refractivity contribution >= 4 is 10.1 Å². The summed E-state index contributed by atoms with van der Waals surface area (Å²) in [5.41, 5.74) is 0.788. The molecule has 2 aromatic carbocycles. The summed E-state index contributed by atoms with van der Waals surface area (Å²) < 4.78 is 38.3. The van der Waals surface area contributed by atoms with E-state index in [1.807, 2.05) is 0 Å². The van der Waals surface area contributed by atoms with Gasteiger partial charge in [-0.15, -0.1) is 5.75 Å². The van der Waals surface area contributed by atoms with Crippen LogP contribution in [0.5, 0.6) is 17.2 Å². The SMILES string of the molecule is CCCCCCCCCCCc1cc(Oc2cccc([O-])c2)cc(S(=O)(=O)O)c1.[K+]. The van der Waals surface area contributed by atoms with Crippen LogP contribution in [0.15, 0.2) is 47.4 Å². The minimum absolute atomic E-state index is 0. The van der Waals surface area contributed by atoms with Crippen molar-refractivity contribution in [3.63, 3.8) is 0 Å². The van der Waals surface area contributed by atoms with E-state index in [1.54, 1.807) is 18.2 Å². The molecule has 2 rings (SSSR count). The van der Waals surface area contributed by atoms with E-state index in [-0.39, 0.29) is 67.8 Å². The van der Waals surface area contributed by atoms with Gasteiger partial charge in [0.05, 0.1) is 4.90 Å². The summed E-state index contributed by atoms with van der Waals surface area (Å²) in [5, 5.41) is 11.5. The topological polar surface area (TPSA) is 86.7 Å². The van der Waals surface area contributed by atoms with Crippen molar-refractivity contribution in [1.82, 2.24) is 0 Å². The molecule has 0 spiro atoms. The number of aryl methyl sites for hydroxylation is 1. The minimum atomic E-state index is -4.34. The minimum Gasteiger partial charge on any atom is -0.872 e. The second kappa shape index (κ2) is 14.6. The molecule has 0 atom stereocenters. The van der Waals surface area contributed by atoms with Crippen LogP contribution in [-0.2, 0) is 16.5 Å². The largest absolute Gasteiger partial charge is 1.00 e. The molecule has 0 saturated carbocycles. The second-order valence-corrected chi connectivity index (χ2v) is 8.86. The Morgan fingerprint density at radius 2 is 1.50 bits per heavy atom. The summed E-state index contributed by atoms with van der Waals surface area (Å²) in [5.74, 6) is 0.430. The van der Waals surface area contributed by atoms with Crippen LogP contribution in [0.3, 0.4) is 0 Å². The van der Waals surface area contributed by atoms with Crippen molar-refractivity contribution in [2.45, 2.75) is 76.0 Å². The molecular weight excluding hydrogens is 427 g/mol. The third kappa shape index (κ3) is 10.8. The molecule has 7 heteroatoms. The van der Waals surface area contributed by atoms with Gasteiger partial charge in [-0.2, -0.15) is 8.42 Å². The van der Waals surface area contributed by atoms with E-state index in [4.69, 9.17) is 4.74 Å². The molecule has 1 N–H and O–H groups in total. The van der Waals surface area contributed by atoms with Crippen LogP contribution in [0, 0.1) is 0 Å². The zero-order chi connectivity index (χ0) is 21.1. The third-order valence-electron chi connectivity index (χ3n) is 4.85. The summed E-state index contributed by atoms with van der Waals surface area (Å²) in [6.07, 6.45) is 11.6. The normalized spacial score (nSPS) is 11.1. The van der Waals surface area contributed by atoms with Gasteiger partial charge >= 0.3 is 51.4 Å². The Morgan fingerprint density at radius 3 is 2.10 bits per heavy atom. The van der Waals surface area contributed by atoms with Crippen LogP contribution in [0.25, 0.3) is 0 Å². The number of ether oxygens (including phenoxy) is 1. The summed E-state index contributed by atoms with van der Waals surface area (Å²) in [7, 11) is -4.34. The van der Waals surface area contributed by atoms with Gasteiger partial charge < -0.3 is 9.84 Å². The van der Waals surface area contributed by atoms with Gasteiger partial charge in [0.15, 0.2) is 0 Å². The Bertz CT molecular complexity index is 868. The van der Waals surface area contributed by atoms with Gasteiger partial charge in [0.1, 0.15) is 11.5 Å². The molecule has 30 heavy (non-hydrogen) atoms. The molecule has 160 valence electrons. The van der Waals surface area contributed by atoms with Gasteiger partial charge in [-0.25, -0.2) is 0 Å². The fraction of sp³-hybridized carbons (Fsp3) is 0.478. The van der Waals surface area contributed by atoms with Crippen LogP contribution < -0.4 is 61.2 Å². The first-order valence-electron chi connectivity index (χ1n) is 10.4. The average molecular weight is 459 g/mol. The maximum absolute atomic E-state index is 11.6. The van der Waals surface area contributed by atoms with E-state index in [1.165, 1.54) is 69.2 Å². The molecule has 5 nitrogen and oxygen atoms in total. The Labute approximate surface area is 223 Å². The van der Waals surface area contributed by atoms with Gasteiger partial charge in [-0.1, -0.05) is 70.4 Å². The molecular formula is C23H31KO5S. The van der Waals surface area contributed by atoms with E-state index in [0.29, 0.717) is 12.2 Å². The fourth-order valence-corrected chi connectivity index (χ4v) is 3.86. The van der Waals surface area contributed by atoms with Gasteiger partial charge in [0.2, 0.25) is 0 Å². The van der Waals surface area contributed by atoms with Crippen LogP contribution in [0.4, 0.5) is 0 Å². The van der Waals surface area contributed by atoms with Crippen molar-refractivity contribution in [3.05, 3.63) is 48.0 Å². The quantitative estimate of drug-likeness (QED) is 0.283. The van der Waals surface area contributed by atoms with Crippen molar-refractivity contribution in [2.75, 3.05) is 0 Å². The number of hydrogen-bond donors (Lipinski definition) is 1. The van der Waals surface area contributed by atoms with Crippen LogP contribution in [0.2, 0.25) is 0 Å². The molecule has 0 saturated heterocycles. The first-order chi connectivity index (χ1) is 13.9. The van der Waals surface area contributed by atoms with E-state index in [0.717, 1.165) is 18.4 Å². The molecule has 0 fully saturated rings. The Kier molecular flexibility index (Phi) is 13.5. The number of unbranched alkanes of at least 4 members (excludes halogenated alkanes) is 8. The molecule has 0 heterocycles. The second-order valence-electron chi connectivity index (χ2n) is 7.44. The maximum Gasteiger partial charge on any atom is 1.00 e. The predicted molar refractivity (Wildman–Crippen MR) is 113 cm³/mol. The Hall–Kier alpha value is -0.414. The molecule has 0 bridgehead atoms. The standard InChI is InChI=1S/C23H32O5S.K/c1-2-3-4-5-6-7-8-9-10-12-19-15-22(18-23(16-19)29(25,26)27)28-21-14-11-13-20(24)17-21;/h11,13-18,24H,2-10,12H2,1H3,(H,25,26,27);/q;+1/p-1. The summed E-state index contributed by atoms with van der Waals surface area (Å²) in [4.78, 5) is -0.195. The number of rotatable bonds is 13. The Morgan fingerprint density at radius 1 is 0.867 bits per heavy atom. The number of benzene rings is 2. The first kappa shape index (κ1) is 27.6. The molecule has 0 unspecified atom stereocenters. The monoisotopic (exact) mass is 458 g/mol. The third-order valence-corrected chi connectivity index (χ3v) is 5.68. The van der Waals surface area contributed by atoms with Crippen molar-refractivity contribution in [3.8, 4) is 17.2 Å². The van der Waals surface area contributed by atoms with Crippen LogP contribution in [0.1, 0.15) is 70.3 Å². The molecule has 0 radical (unpaired) electrons. The molecule has 0 aliphatic rings. The zero-order valence-electron chi connectivity index (χ0n) is 18.1. The molecule has 2 aromatic rings. The summed E-state index contributed by atoms with van der Waals surface area (Å²) in [6, 6.07) is 10.5. The molecule has 0 aliphatic heterocycles. The molecule has 0 aliphatic carbocycles. The van der Waals surface area contributed by atoms with Gasteiger partial charge in [0, 0.05) is 6.07 Å². The van der Waals surface area contributed by atoms with Crippen molar-refractivity contribution in [2.24, 2.45) is 0 Å². The average Bonchev–Trinajstić information content (AvgIpc) is 2.66. The first-order valence-corrected chi connectivity index (χ1v) is 11.9. The van der Waals surface area contributed by atoms with Crippen LogP contribution >= 0.6 is 0 Å². The summed E-state index contributed by atoms with van der Waals surface area (Å²) in [6.45, 7) is 2.22. The van der Waals surface area contributed by atoms with Gasteiger partial charge in [0.25, 0.3) is 10.1 Å².